The van der Waals surface area contributed by atoms with Gasteiger partial charge in [-0.15, -0.1) is 0 Å². The first-order valence-electron chi connectivity index (χ1n) is 4.52. The lowest BCUT2D eigenvalue weighted by Crippen LogP contribution is -2.24. The van der Waals surface area contributed by atoms with Crippen molar-refractivity contribution in [2.45, 2.75) is 33.6 Å². The van der Waals surface area contributed by atoms with Crippen LogP contribution in [0.4, 0.5) is 0 Å². The molecule has 0 aromatic heterocycles. The van der Waals surface area contributed by atoms with Gasteiger partial charge < -0.3 is 10.0 Å². The Balaban J connectivity index is 0. The molecule has 0 aromatic rings. The second kappa shape index (κ2) is 12.6. The molecule has 0 rings (SSSR count). The third kappa shape index (κ3) is 9.92. The van der Waals surface area contributed by atoms with E-state index in [0.29, 0.717) is 0 Å². The van der Waals surface area contributed by atoms with Crippen molar-refractivity contribution in [2.24, 2.45) is 0 Å². The van der Waals surface area contributed by atoms with Crippen LogP contribution in [-0.2, 0) is 0 Å². The van der Waals surface area contributed by atoms with Gasteiger partial charge in [-0.25, -0.2) is 0 Å². The molecule has 0 atom stereocenters. The van der Waals surface area contributed by atoms with E-state index in [9.17, 15) is 0 Å². The smallest absolute Gasteiger partial charge is 0.0319 e. The Hall–Kier alpha value is -0.0800. The molecule has 0 spiro atoms. The highest BCUT2D eigenvalue weighted by atomic mass is 16.2. The normalized spacial score (nSPS) is 9.27. The van der Waals surface area contributed by atoms with E-state index >= 15 is 0 Å². The lowest BCUT2D eigenvalue weighted by Gasteiger charge is -2.17. The molecule has 0 saturated carbocycles. The molecule has 1 N–H and O–H groups in total. The SMILES string of the molecule is CCCN(CC)CCC.CO. The van der Waals surface area contributed by atoms with Crippen LogP contribution < -0.4 is 0 Å². The predicted octanol–water partition coefficient (Wildman–Crippen LogP) is 1.74. The highest BCUT2D eigenvalue weighted by Crippen LogP contribution is 1.91. The van der Waals surface area contributed by atoms with Gasteiger partial charge in [0.15, 0.2) is 0 Å². The average Bonchev–Trinajstić information content (AvgIpc) is 2.08. The Kier molecular flexibility index (Phi) is 15.4. The van der Waals surface area contributed by atoms with Crippen molar-refractivity contribution in [3.05, 3.63) is 0 Å². The van der Waals surface area contributed by atoms with Crippen LogP contribution >= 0.6 is 0 Å². The second-order valence-corrected chi connectivity index (χ2v) is 2.43. The van der Waals surface area contributed by atoms with Gasteiger partial charge in [0.25, 0.3) is 0 Å². The van der Waals surface area contributed by atoms with Crippen molar-refractivity contribution in [3.8, 4) is 0 Å². The maximum atomic E-state index is 7.00. The molecular formula is C9H23NO. The number of rotatable bonds is 5. The van der Waals surface area contributed by atoms with E-state index in [4.69, 9.17) is 5.11 Å². The monoisotopic (exact) mass is 161 g/mol. The molecule has 0 amide bonds. The van der Waals surface area contributed by atoms with Crippen LogP contribution in [-0.4, -0.2) is 36.8 Å². The van der Waals surface area contributed by atoms with Gasteiger partial charge in [-0.05, 0) is 32.5 Å². The minimum Gasteiger partial charge on any atom is -0.400 e. The Labute approximate surface area is 71.2 Å². The van der Waals surface area contributed by atoms with Gasteiger partial charge in [0.05, 0.1) is 0 Å². The standard InChI is InChI=1S/C8H19N.CH4O/c1-4-7-9(6-3)8-5-2;1-2/h4-8H2,1-3H3;2H,1H3. The summed E-state index contributed by atoms with van der Waals surface area (Å²) in [4.78, 5) is 2.49. The van der Waals surface area contributed by atoms with E-state index in [0.717, 1.165) is 7.11 Å². The fourth-order valence-corrected chi connectivity index (χ4v) is 1.06. The summed E-state index contributed by atoms with van der Waals surface area (Å²) < 4.78 is 0. The van der Waals surface area contributed by atoms with Crippen LogP contribution in [0.5, 0.6) is 0 Å². The Morgan fingerprint density at radius 3 is 1.45 bits per heavy atom. The van der Waals surface area contributed by atoms with Crippen molar-refractivity contribution in [1.82, 2.24) is 4.90 Å². The summed E-state index contributed by atoms with van der Waals surface area (Å²) in [6.45, 7) is 10.4. The summed E-state index contributed by atoms with van der Waals surface area (Å²) in [6, 6.07) is 0. The van der Waals surface area contributed by atoms with Crippen LogP contribution in [0.2, 0.25) is 0 Å². The molecule has 11 heavy (non-hydrogen) atoms. The van der Waals surface area contributed by atoms with Crippen molar-refractivity contribution < 1.29 is 5.11 Å². The average molecular weight is 161 g/mol. The minimum absolute atomic E-state index is 1.00. The number of aliphatic hydroxyl groups is 1. The maximum absolute atomic E-state index is 7.00. The molecule has 0 heterocycles. The third-order valence-corrected chi connectivity index (χ3v) is 1.53. The summed E-state index contributed by atoms with van der Waals surface area (Å²) >= 11 is 0. The van der Waals surface area contributed by atoms with Crippen LogP contribution in [0.15, 0.2) is 0 Å². The van der Waals surface area contributed by atoms with Gasteiger partial charge in [0.1, 0.15) is 0 Å². The van der Waals surface area contributed by atoms with Gasteiger partial charge in [-0.3, -0.25) is 0 Å². The van der Waals surface area contributed by atoms with Gasteiger partial charge >= 0.3 is 0 Å². The zero-order valence-corrected chi connectivity index (χ0v) is 8.43. The molecule has 0 radical (unpaired) electrons. The second-order valence-electron chi connectivity index (χ2n) is 2.43. The fourth-order valence-electron chi connectivity index (χ4n) is 1.06. The Morgan fingerprint density at radius 1 is 0.909 bits per heavy atom. The Morgan fingerprint density at radius 2 is 1.27 bits per heavy atom. The number of nitrogens with zero attached hydrogens (tertiary/aromatic N) is 1. The molecule has 0 saturated heterocycles. The highest BCUT2D eigenvalue weighted by Gasteiger charge is 1.95. The molecule has 0 aliphatic rings. The number of hydrogen-bond donors (Lipinski definition) is 1. The fraction of sp³-hybridized carbons (Fsp3) is 1.00. The first-order valence-corrected chi connectivity index (χ1v) is 4.52. The van der Waals surface area contributed by atoms with Crippen molar-refractivity contribution >= 4 is 0 Å². The van der Waals surface area contributed by atoms with E-state index in [2.05, 4.69) is 25.7 Å². The quantitative estimate of drug-likeness (QED) is 0.664. The molecular weight excluding hydrogens is 138 g/mol. The predicted molar refractivity (Wildman–Crippen MR) is 50.8 cm³/mol. The molecule has 0 aliphatic heterocycles. The first-order chi connectivity index (χ1) is 5.35. The van der Waals surface area contributed by atoms with E-state index < -0.39 is 0 Å². The summed E-state index contributed by atoms with van der Waals surface area (Å²) in [5.74, 6) is 0. The summed E-state index contributed by atoms with van der Waals surface area (Å²) in [7, 11) is 1.00. The lowest BCUT2D eigenvalue weighted by molar-refractivity contribution is 0.289. The number of hydrogen-bond acceptors (Lipinski definition) is 2. The summed E-state index contributed by atoms with van der Waals surface area (Å²) in [5.41, 5.74) is 0. The molecule has 0 fully saturated rings. The van der Waals surface area contributed by atoms with Crippen molar-refractivity contribution in [2.75, 3.05) is 26.7 Å². The van der Waals surface area contributed by atoms with Crippen molar-refractivity contribution in [3.63, 3.8) is 0 Å². The number of aliphatic hydroxyl groups excluding tert-OH is 1. The van der Waals surface area contributed by atoms with Crippen LogP contribution in [0, 0.1) is 0 Å². The maximum Gasteiger partial charge on any atom is 0.0319 e. The zero-order valence-electron chi connectivity index (χ0n) is 8.43. The van der Waals surface area contributed by atoms with E-state index in [1.165, 1.54) is 32.5 Å². The zero-order chi connectivity index (χ0) is 9.11. The summed E-state index contributed by atoms with van der Waals surface area (Å²) in [6.07, 6.45) is 2.57. The van der Waals surface area contributed by atoms with Gasteiger partial charge in [0, 0.05) is 7.11 Å². The van der Waals surface area contributed by atoms with Gasteiger partial charge in [-0.2, -0.15) is 0 Å². The molecule has 2 heteroatoms. The third-order valence-electron chi connectivity index (χ3n) is 1.53. The lowest BCUT2D eigenvalue weighted by atomic mass is 10.3. The highest BCUT2D eigenvalue weighted by molar-refractivity contribution is 4.50. The van der Waals surface area contributed by atoms with Crippen molar-refractivity contribution in [1.29, 1.82) is 0 Å². The van der Waals surface area contributed by atoms with E-state index in [1.54, 1.807) is 0 Å². The largest absolute Gasteiger partial charge is 0.400 e. The van der Waals surface area contributed by atoms with E-state index in [-0.39, 0.29) is 0 Å². The molecule has 0 aliphatic carbocycles. The molecule has 0 unspecified atom stereocenters. The van der Waals surface area contributed by atoms with Gasteiger partial charge in [0.2, 0.25) is 0 Å². The summed E-state index contributed by atoms with van der Waals surface area (Å²) in [5, 5.41) is 7.00. The van der Waals surface area contributed by atoms with Crippen LogP contribution in [0.1, 0.15) is 33.6 Å². The molecule has 2 nitrogen and oxygen atoms in total. The molecule has 70 valence electrons. The van der Waals surface area contributed by atoms with E-state index in [1.807, 2.05) is 0 Å². The van der Waals surface area contributed by atoms with Crippen LogP contribution in [0.3, 0.4) is 0 Å². The van der Waals surface area contributed by atoms with Crippen LogP contribution in [0.25, 0.3) is 0 Å². The minimum atomic E-state index is 1.00. The topological polar surface area (TPSA) is 23.5 Å². The molecule has 0 aromatic carbocycles. The first kappa shape index (κ1) is 13.5. The Bertz CT molecular complexity index is 51.5. The van der Waals surface area contributed by atoms with Gasteiger partial charge in [-0.1, -0.05) is 20.8 Å². The molecule has 0 bridgehead atoms.